The van der Waals surface area contributed by atoms with E-state index in [0.717, 1.165) is 10.5 Å². The summed E-state index contributed by atoms with van der Waals surface area (Å²) in [5.74, 6) is -0.882. The molecule has 2 N–H and O–H groups in total. The van der Waals surface area contributed by atoms with Crippen LogP contribution in [0.25, 0.3) is 0 Å². The van der Waals surface area contributed by atoms with Crippen molar-refractivity contribution in [2.45, 2.75) is 31.3 Å². The third-order valence-corrected chi connectivity index (χ3v) is 6.33. The van der Waals surface area contributed by atoms with Gasteiger partial charge in [0.2, 0.25) is 5.91 Å². The number of carbonyl (C=O) groups is 3. The van der Waals surface area contributed by atoms with Gasteiger partial charge in [-0.05, 0) is 18.4 Å². The van der Waals surface area contributed by atoms with Crippen LogP contribution < -0.4 is 10.6 Å². The summed E-state index contributed by atoms with van der Waals surface area (Å²) < 4.78 is 22.8. The van der Waals surface area contributed by atoms with Crippen LogP contribution in [0.2, 0.25) is 0 Å². The Labute approximate surface area is 151 Å². The van der Waals surface area contributed by atoms with Crippen molar-refractivity contribution in [1.29, 1.82) is 0 Å². The van der Waals surface area contributed by atoms with Crippen molar-refractivity contribution in [1.82, 2.24) is 15.5 Å². The van der Waals surface area contributed by atoms with Crippen molar-refractivity contribution in [3.05, 3.63) is 35.9 Å². The number of rotatable bonds is 6. The molecular formula is C17H21N3O5S. The maximum Gasteiger partial charge on any atom is 0.324 e. The first-order valence-corrected chi connectivity index (χ1v) is 10.3. The first kappa shape index (κ1) is 18.4. The van der Waals surface area contributed by atoms with Crippen LogP contribution in [0.15, 0.2) is 30.3 Å². The molecule has 2 atom stereocenters. The average molecular weight is 379 g/mol. The number of nitrogens with zero attached hydrogens (tertiary/aromatic N) is 1. The van der Waals surface area contributed by atoms with Crippen LogP contribution in [-0.2, 0) is 25.8 Å². The quantitative estimate of drug-likeness (QED) is 0.667. The molecule has 0 spiro atoms. The fourth-order valence-corrected chi connectivity index (χ4v) is 4.87. The first-order valence-electron chi connectivity index (χ1n) is 8.50. The van der Waals surface area contributed by atoms with E-state index in [1.54, 1.807) is 0 Å². The predicted molar refractivity (Wildman–Crippen MR) is 94.0 cm³/mol. The largest absolute Gasteiger partial charge is 0.352 e. The van der Waals surface area contributed by atoms with E-state index < -0.39 is 39.8 Å². The molecule has 2 fully saturated rings. The summed E-state index contributed by atoms with van der Waals surface area (Å²) in [7, 11) is -3.09. The summed E-state index contributed by atoms with van der Waals surface area (Å²) in [6, 6.07) is 7.66. The minimum Gasteiger partial charge on any atom is -0.352 e. The van der Waals surface area contributed by atoms with E-state index >= 15 is 0 Å². The number of sulfone groups is 1. The van der Waals surface area contributed by atoms with Crippen LogP contribution in [0.3, 0.4) is 0 Å². The number of benzene rings is 1. The van der Waals surface area contributed by atoms with E-state index in [0.29, 0.717) is 12.8 Å². The number of urea groups is 1. The van der Waals surface area contributed by atoms with Gasteiger partial charge in [0.15, 0.2) is 9.84 Å². The highest BCUT2D eigenvalue weighted by atomic mass is 32.2. The van der Waals surface area contributed by atoms with Crippen LogP contribution in [0, 0.1) is 0 Å². The van der Waals surface area contributed by atoms with Crippen LogP contribution >= 0.6 is 0 Å². The number of amides is 4. The molecule has 26 heavy (non-hydrogen) atoms. The fraction of sp³-hybridized carbons (Fsp3) is 0.471. The zero-order chi connectivity index (χ0) is 18.7. The van der Waals surface area contributed by atoms with E-state index in [1.807, 2.05) is 30.3 Å². The first-order chi connectivity index (χ1) is 12.3. The Hall–Kier alpha value is -2.42. The Bertz CT molecular complexity index is 809. The normalized spacial score (nSPS) is 24.5. The lowest BCUT2D eigenvalue weighted by Crippen LogP contribution is -2.41. The molecule has 0 bridgehead atoms. The van der Waals surface area contributed by atoms with Gasteiger partial charge in [0.1, 0.15) is 6.04 Å². The van der Waals surface area contributed by atoms with Gasteiger partial charge in [-0.2, -0.15) is 0 Å². The van der Waals surface area contributed by atoms with E-state index in [-0.39, 0.29) is 24.5 Å². The molecule has 8 nitrogen and oxygen atoms in total. The van der Waals surface area contributed by atoms with E-state index in [4.69, 9.17) is 0 Å². The third kappa shape index (κ3) is 4.40. The molecule has 2 saturated heterocycles. The molecule has 0 aromatic heterocycles. The highest BCUT2D eigenvalue weighted by molar-refractivity contribution is 7.91. The Morgan fingerprint density at radius 1 is 1.23 bits per heavy atom. The lowest BCUT2D eigenvalue weighted by molar-refractivity contribution is -0.131. The minimum atomic E-state index is -3.09. The molecular weight excluding hydrogens is 358 g/mol. The number of hydrogen-bond donors (Lipinski definition) is 2. The Morgan fingerprint density at radius 3 is 2.62 bits per heavy atom. The van der Waals surface area contributed by atoms with Gasteiger partial charge in [0.05, 0.1) is 17.9 Å². The van der Waals surface area contributed by atoms with Gasteiger partial charge in [-0.1, -0.05) is 30.3 Å². The maximum absolute atomic E-state index is 12.4. The third-order valence-electron chi connectivity index (χ3n) is 4.56. The zero-order valence-corrected chi connectivity index (χ0v) is 15.0. The Kier molecular flexibility index (Phi) is 5.26. The van der Waals surface area contributed by atoms with Crippen LogP contribution in [0.4, 0.5) is 4.79 Å². The summed E-state index contributed by atoms with van der Waals surface area (Å²) in [5, 5.41) is 5.15. The zero-order valence-electron chi connectivity index (χ0n) is 14.2. The van der Waals surface area contributed by atoms with E-state index in [1.165, 1.54) is 0 Å². The minimum absolute atomic E-state index is 0.0598. The summed E-state index contributed by atoms with van der Waals surface area (Å²) in [6.45, 7) is 0.244. The van der Waals surface area contributed by atoms with Gasteiger partial charge in [0, 0.05) is 12.6 Å². The van der Waals surface area contributed by atoms with Gasteiger partial charge in [-0.3, -0.25) is 14.5 Å². The van der Waals surface area contributed by atoms with Crippen molar-refractivity contribution >= 4 is 27.7 Å². The number of hydrogen-bond acceptors (Lipinski definition) is 5. The summed E-state index contributed by atoms with van der Waals surface area (Å²) >= 11 is 0. The smallest absolute Gasteiger partial charge is 0.324 e. The molecule has 2 unspecified atom stereocenters. The van der Waals surface area contributed by atoms with Crippen molar-refractivity contribution in [2.75, 3.05) is 18.1 Å². The molecule has 2 aliphatic heterocycles. The summed E-state index contributed by atoms with van der Waals surface area (Å²) in [4.78, 5) is 37.6. The average Bonchev–Trinajstić information content (AvgIpc) is 3.05. The standard InChI is InChI=1S/C17H21N3O5S/c21-15(18-13-7-9-26(24,25)11-13)10-14-16(22)20(17(23)19-14)8-6-12-4-2-1-3-5-12/h1-5,13-14H,6-11H2,(H,18,21)(H,19,23). The highest BCUT2D eigenvalue weighted by Crippen LogP contribution is 2.14. The SMILES string of the molecule is O=C(CC1NC(=O)N(CCc2ccccc2)C1=O)NC1CCS(=O)(=O)C1. The Balaban J connectivity index is 1.51. The van der Waals surface area contributed by atoms with Crippen molar-refractivity contribution < 1.29 is 22.8 Å². The number of carbonyl (C=O) groups excluding carboxylic acids is 3. The molecule has 2 heterocycles. The van der Waals surface area contributed by atoms with Crippen molar-refractivity contribution in [2.24, 2.45) is 0 Å². The van der Waals surface area contributed by atoms with Crippen LogP contribution in [0.5, 0.6) is 0 Å². The van der Waals surface area contributed by atoms with Crippen LogP contribution in [0.1, 0.15) is 18.4 Å². The molecule has 1 aromatic rings. The van der Waals surface area contributed by atoms with Gasteiger partial charge in [0.25, 0.3) is 5.91 Å². The van der Waals surface area contributed by atoms with Gasteiger partial charge >= 0.3 is 6.03 Å². The second kappa shape index (κ2) is 7.45. The predicted octanol–water partition coefficient (Wildman–Crippen LogP) is -0.157. The lowest BCUT2D eigenvalue weighted by Gasteiger charge is -2.14. The second-order valence-corrected chi connectivity index (χ2v) is 8.83. The molecule has 2 aliphatic rings. The summed E-state index contributed by atoms with van der Waals surface area (Å²) in [5.41, 5.74) is 1.01. The Morgan fingerprint density at radius 2 is 1.96 bits per heavy atom. The van der Waals surface area contributed by atoms with Crippen LogP contribution in [-0.4, -0.2) is 61.3 Å². The highest BCUT2D eigenvalue weighted by Gasteiger charge is 2.39. The number of imide groups is 1. The van der Waals surface area contributed by atoms with Crippen molar-refractivity contribution in [3.8, 4) is 0 Å². The summed E-state index contributed by atoms with van der Waals surface area (Å²) in [6.07, 6.45) is 0.726. The molecule has 140 valence electrons. The van der Waals surface area contributed by atoms with Gasteiger partial charge in [-0.25, -0.2) is 13.2 Å². The molecule has 0 saturated carbocycles. The van der Waals surface area contributed by atoms with Gasteiger partial charge in [-0.15, -0.1) is 0 Å². The lowest BCUT2D eigenvalue weighted by atomic mass is 10.1. The molecule has 4 amide bonds. The number of nitrogens with one attached hydrogen (secondary N) is 2. The van der Waals surface area contributed by atoms with E-state index in [9.17, 15) is 22.8 Å². The maximum atomic E-state index is 12.4. The molecule has 1 aromatic carbocycles. The monoisotopic (exact) mass is 379 g/mol. The van der Waals surface area contributed by atoms with Gasteiger partial charge < -0.3 is 10.6 Å². The van der Waals surface area contributed by atoms with Crippen molar-refractivity contribution in [3.63, 3.8) is 0 Å². The molecule has 9 heteroatoms. The second-order valence-electron chi connectivity index (χ2n) is 6.60. The van der Waals surface area contributed by atoms with E-state index in [2.05, 4.69) is 10.6 Å². The molecule has 0 radical (unpaired) electrons. The topological polar surface area (TPSA) is 113 Å². The fourth-order valence-electron chi connectivity index (χ4n) is 3.19. The molecule has 3 rings (SSSR count). The molecule has 0 aliphatic carbocycles.